The Morgan fingerprint density at radius 2 is 1.81 bits per heavy atom. The minimum Gasteiger partial charge on any atom is -0.451 e. The number of sulfone groups is 1. The van der Waals surface area contributed by atoms with Gasteiger partial charge in [-0.2, -0.15) is 0 Å². The number of aryl methyl sites for hydroxylation is 2. The Labute approximate surface area is 186 Å². The van der Waals surface area contributed by atoms with Crippen LogP contribution in [0.5, 0.6) is 0 Å². The number of carbonyl (C=O) groups is 2. The van der Waals surface area contributed by atoms with E-state index in [2.05, 4.69) is 0 Å². The second-order valence-electron chi connectivity index (χ2n) is 7.87. The molecule has 4 rings (SSSR count). The molecule has 0 spiro atoms. The van der Waals surface area contributed by atoms with Gasteiger partial charge < -0.3 is 9.64 Å². The van der Waals surface area contributed by atoms with Gasteiger partial charge in [-0.3, -0.25) is 4.79 Å². The van der Waals surface area contributed by atoms with E-state index >= 15 is 0 Å². The van der Waals surface area contributed by atoms with Crippen LogP contribution in [0.1, 0.15) is 45.8 Å². The number of benzene rings is 1. The lowest BCUT2D eigenvalue weighted by atomic mass is 10.00. The number of fused-ring (bicyclic) bond motifs is 1. The van der Waals surface area contributed by atoms with Crippen LogP contribution in [0.15, 0.2) is 47.9 Å². The summed E-state index contributed by atoms with van der Waals surface area (Å²) in [5.74, 6) is -1.15. The second-order valence-corrected chi connectivity index (χ2v) is 10.9. The van der Waals surface area contributed by atoms with Gasteiger partial charge >= 0.3 is 5.97 Å². The molecule has 0 fully saturated rings. The molecule has 0 N–H and O–H groups in total. The van der Waals surface area contributed by atoms with E-state index in [0.717, 1.165) is 31.1 Å². The quantitative estimate of drug-likeness (QED) is 0.634. The molecule has 0 radical (unpaired) electrons. The zero-order valence-corrected chi connectivity index (χ0v) is 18.8. The molecule has 1 aliphatic heterocycles. The third kappa shape index (κ3) is 5.25. The smallest absolute Gasteiger partial charge is 0.348 e. The van der Waals surface area contributed by atoms with Crippen molar-refractivity contribution in [2.24, 2.45) is 0 Å². The van der Waals surface area contributed by atoms with Crippen LogP contribution in [0.3, 0.4) is 0 Å². The van der Waals surface area contributed by atoms with Crippen molar-refractivity contribution >= 4 is 38.7 Å². The molecular formula is C23H25NO5S2. The van der Waals surface area contributed by atoms with E-state index in [1.165, 1.54) is 45.6 Å². The average Bonchev–Trinajstić information content (AvgIpc) is 3.29. The fraction of sp³-hybridized carbons (Fsp3) is 0.391. The third-order valence-corrected chi connectivity index (χ3v) is 8.17. The van der Waals surface area contributed by atoms with Crippen LogP contribution in [0.25, 0.3) is 0 Å². The lowest BCUT2D eigenvalue weighted by Gasteiger charge is -2.27. The molecular weight excluding hydrogens is 434 g/mol. The maximum absolute atomic E-state index is 13.0. The maximum atomic E-state index is 13.0. The fourth-order valence-corrected chi connectivity index (χ4v) is 6.46. The highest BCUT2D eigenvalue weighted by molar-refractivity contribution is 7.94. The molecule has 1 aliphatic carbocycles. The van der Waals surface area contributed by atoms with Gasteiger partial charge in [0.25, 0.3) is 5.91 Å². The van der Waals surface area contributed by atoms with Crippen molar-refractivity contribution in [3.05, 3.63) is 63.2 Å². The topological polar surface area (TPSA) is 80.8 Å². The molecule has 2 aliphatic rings. The van der Waals surface area contributed by atoms with Gasteiger partial charge in [0, 0.05) is 16.0 Å². The largest absolute Gasteiger partial charge is 0.451 e. The summed E-state index contributed by atoms with van der Waals surface area (Å²) in [6.45, 7) is -0.444. The molecule has 1 aromatic carbocycles. The summed E-state index contributed by atoms with van der Waals surface area (Å²) in [7, 11) is -3.34. The van der Waals surface area contributed by atoms with Gasteiger partial charge in [-0.25, -0.2) is 13.2 Å². The number of anilines is 1. The van der Waals surface area contributed by atoms with E-state index in [1.54, 1.807) is 24.3 Å². The van der Waals surface area contributed by atoms with Gasteiger partial charge in [0.1, 0.15) is 4.88 Å². The van der Waals surface area contributed by atoms with Crippen LogP contribution in [-0.2, 0) is 32.2 Å². The fourth-order valence-electron chi connectivity index (χ4n) is 4.04. The first-order chi connectivity index (χ1) is 14.9. The second kappa shape index (κ2) is 9.36. The van der Waals surface area contributed by atoms with Gasteiger partial charge in [-0.05, 0) is 55.5 Å². The van der Waals surface area contributed by atoms with Gasteiger partial charge in [0.2, 0.25) is 0 Å². The SMILES string of the molecule is O=C(OCC(=O)N(c1ccccc1)C1C=CS(=O)(=O)C1)c1cc2c(s1)CCCCCC2. The Balaban J connectivity index is 1.46. The number of hydrogen-bond donors (Lipinski definition) is 0. The van der Waals surface area contributed by atoms with Crippen molar-refractivity contribution in [2.45, 2.75) is 44.6 Å². The lowest BCUT2D eigenvalue weighted by molar-refractivity contribution is -0.121. The molecule has 2 aromatic rings. The molecule has 1 atom stereocenters. The normalized spacial score (nSPS) is 19.8. The molecule has 0 saturated heterocycles. The van der Waals surface area contributed by atoms with Crippen molar-refractivity contribution < 1.29 is 22.7 Å². The first kappa shape index (κ1) is 21.8. The molecule has 0 saturated carbocycles. The lowest BCUT2D eigenvalue weighted by Crippen LogP contribution is -2.43. The molecule has 2 heterocycles. The van der Waals surface area contributed by atoms with Gasteiger partial charge in [0.05, 0.1) is 11.8 Å². The summed E-state index contributed by atoms with van der Waals surface area (Å²) >= 11 is 1.46. The number of carbonyl (C=O) groups excluding carboxylic acids is 2. The van der Waals surface area contributed by atoms with Gasteiger partial charge in [0.15, 0.2) is 16.4 Å². The van der Waals surface area contributed by atoms with Crippen LogP contribution in [0, 0.1) is 0 Å². The summed E-state index contributed by atoms with van der Waals surface area (Å²) in [4.78, 5) is 28.8. The summed E-state index contributed by atoms with van der Waals surface area (Å²) in [5.41, 5.74) is 1.78. The molecule has 6 nitrogen and oxygen atoms in total. The first-order valence-electron chi connectivity index (χ1n) is 10.5. The van der Waals surface area contributed by atoms with E-state index in [9.17, 15) is 18.0 Å². The van der Waals surface area contributed by atoms with Crippen molar-refractivity contribution in [1.29, 1.82) is 0 Å². The molecule has 1 unspecified atom stereocenters. The Hall–Kier alpha value is -2.45. The maximum Gasteiger partial charge on any atom is 0.348 e. The van der Waals surface area contributed by atoms with Crippen LogP contribution >= 0.6 is 11.3 Å². The number of esters is 1. The minimum atomic E-state index is -3.34. The summed E-state index contributed by atoms with van der Waals surface area (Å²) in [5, 5.41) is 1.13. The average molecular weight is 460 g/mol. The number of rotatable bonds is 5. The van der Waals surface area contributed by atoms with Crippen LogP contribution in [0.2, 0.25) is 0 Å². The highest BCUT2D eigenvalue weighted by Crippen LogP contribution is 2.29. The summed E-state index contributed by atoms with van der Waals surface area (Å²) in [6.07, 6.45) is 8.14. The minimum absolute atomic E-state index is 0.181. The summed E-state index contributed by atoms with van der Waals surface area (Å²) in [6, 6.07) is 10.1. The van der Waals surface area contributed by atoms with Crippen LogP contribution in [-0.4, -0.2) is 38.7 Å². The summed E-state index contributed by atoms with van der Waals surface area (Å²) < 4.78 is 29.1. The Bertz CT molecular complexity index is 1060. The standard InChI is InChI=1S/C23H25NO5S2/c25-22(24(18-9-5-3-6-10-18)19-12-13-31(27,28)16-19)15-29-23(26)21-14-17-8-4-1-2-7-11-20(17)30-21/h3,5-6,9-10,12-14,19H,1-2,4,7-8,11,15-16H2. The van der Waals surface area contributed by atoms with E-state index in [-0.39, 0.29) is 5.75 Å². The zero-order valence-electron chi connectivity index (χ0n) is 17.2. The van der Waals surface area contributed by atoms with Gasteiger partial charge in [-0.1, -0.05) is 31.0 Å². The van der Waals surface area contributed by atoms with Crippen molar-refractivity contribution in [1.82, 2.24) is 0 Å². The Kier molecular flexibility index (Phi) is 6.57. The molecule has 31 heavy (non-hydrogen) atoms. The number of amides is 1. The molecule has 164 valence electrons. The van der Waals surface area contributed by atoms with Crippen molar-refractivity contribution in [2.75, 3.05) is 17.3 Å². The highest BCUT2D eigenvalue weighted by Gasteiger charge is 2.32. The number of thiophene rings is 1. The molecule has 8 heteroatoms. The number of hydrogen-bond acceptors (Lipinski definition) is 6. The number of ether oxygens (including phenoxy) is 1. The molecule has 0 bridgehead atoms. The van der Waals surface area contributed by atoms with Crippen molar-refractivity contribution in [3.8, 4) is 0 Å². The van der Waals surface area contributed by atoms with Crippen LogP contribution < -0.4 is 4.90 Å². The number of nitrogens with zero attached hydrogens (tertiary/aromatic N) is 1. The van der Waals surface area contributed by atoms with Crippen LogP contribution in [0.4, 0.5) is 5.69 Å². The van der Waals surface area contributed by atoms with E-state index in [1.807, 2.05) is 12.1 Å². The first-order valence-corrected chi connectivity index (χ1v) is 13.0. The zero-order chi connectivity index (χ0) is 21.8. The predicted octanol–water partition coefficient (Wildman–Crippen LogP) is 3.91. The molecule has 1 amide bonds. The Morgan fingerprint density at radius 1 is 1.06 bits per heavy atom. The third-order valence-electron chi connectivity index (χ3n) is 5.57. The predicted molar refractivity (Wildman–Crippen MR) is 121 cm³/mol. The highest BCUT2D eigenvalue weighted by atomic mass is 32.2. The van der Waals surface area contributed by atoms with E-state index in [4.69, 9.17) is 4.74 Å². The van der Waals surface area contributed by atoms with E-state index in [0.29, 0.717) is 10.6 Å². The van der Waals surface area contributed by atoms with E-state index < -0.39 is 34.4 Å². The molecule has 1 aromatic heterocycles. The van der Waals surface area contributed by atoms with Crippen molar-refractivity contribution in [3.63, 3.8) is 0 Å². The van der Waals surface area contributed by atoms with Gasteiger partial charge in [-0.15, -0.1) is 11.3 Å². The monoisotopic (exact) mass is 459 g/mol. The number of para-hydroxylation sites is 1. The Morgan fingerprint density at radius 3 is 2.52 bits per heavy atom.